The van der Waals surface area contributed by atoms with E-state index in [2.05, 4.69) is 65.3 Å². The van der Waals surface area contributed by atoms with Gasteiger partial charge in [0.15, 0.2) is 12.1 Å². The zero-order valence-electron chi connectivity index (χ0n) is 30.3. The summed E-state index contributed by atoms with van der Waals surface area (Å²) in [4.78, 5) is 35.0. The number of rotatable bonds is 7. The van der Waals surface area contributed by atoms with Gasteiger partial charge >= 0.3 is 0 Å². The summed E-state index contributed by atoms with van der Waals surface area (Å²) in [5.41, 5.74) is 2.25. The fourth-order valence-electron chi connectivity index (χ4n) is 10.6. The van der Waals surface area contributed by atoms with Crippen molar-refractivity contribution in [1.82, 2.24) is 25.3 Å². The van der Waals surface area contributed by atoms with Crippen LogP contribution in [-0.4, -0.2) is 102 Å². The quantitative estimate of drug-likeness (QED) is 0.404. The van der Waals surface area contributed by atoms with Crippen LogP contribution in [0.4, 0.5) is 0 Å². The summed E-state index contributed by atoms with van der Waals surface area (Å²) in [6, 6.07) is 8.37. The van der Waals surface area contributed by atoms with Crippen molar-refractivity contribution in [3.63, 3.8) is 0 Å². The molecule has 6 unspecified atom stereocenters. The van der Waals surface area contributed by atoms with Crippen LogP contribution in [0.3, 0.4) is 0 Å². The Morgan fingerprint density at radius 1 is 1.10 bits per heavy atom. The SMILES string of the molecule is C=CC(=O)N1CCN(C2(C3CCCCCCC3)NC(OCC3CCCN3C)NC3C(=O)[C@]4(CCC32)Cc2c(C)cccc2CO4)CC1CC#N. The highest BCUT2D eigenvalue weighted by Crippen LogP contribution is 2.50. The number of benzene rings is 1. The molecule has 2 saturated carbocycles. The maximum absolute atomic E-state index is 15.2. The van der Waals surface area contributed by atoms with Crippen molar-refractivity contribution in [2.24, 2.45) is 11.8 Å². The first kappa shape index (κ1) is 35.7. The molecule has 0 radical (unpaired) electrons. The summed E-state index contributed by atoms with van der Waals surface area (Å²) in [5.74, 6) is 0.298. The number of piperazine rings is 1. The third kappa shape index (κ3) is 6.59. The van der Waals surface area contributed by atoms with Gasteiger partial charge in [0.1, 0.15) is 5.60 Å². The smallest absolute Gasteiger partial charge is 0.246 e. The van der Waals surface area contributed by atoms with E-state index in [4.69, 9.17) is 9.47 Å². The van der Waals surface area contributed by atoms with Crippen molar-refractivity contribution in [3.05, 3.63) is 47.5 Å². The van der Waals surface area contributed by atoms with E-state index in [1.165, 1.54) is 48.4 Å². The molecule has 272 valence electrons. The number of hydrogen-bond donors (Lipinski definition) is 2. The maximum Gasteiger partial charge on any atom is 0.246 e. The van der Waals surface area contributed by atoms with Gasteiger partial charge in [-0.2, -0.15) is 5.26 Å². The molecule has 1 spiro atoms. The van der Waals surface area contributed by atoms with Crippen LogP contribution in [0.2, 0.25) is 0 Å². The number of likely N-dealkylation sites (N-methyl/N-ethyl adjacent to an activating group) is 1. The molecular formula is C40H58N6O4. The molecule has 1 aromatic rings. The van der Waals surface area contributed by atoms with E-state index in [0.717, 1.165) is 45.1 Å². The number of hydrogen-bond acceptors (Lipinski definition) is 9. The molecule has 10 heteroatoms. The Morgan fingerprint density at radius 2 is 1.90 bits per heavy atom. The van der Waals surface area contributed by atoms with Crippen molar-refractivity contribution in [1.29, 1.82) is 5.26 Å². The van der Waals surface area contributed by atoms with Crippen molar-refractivity contribution in [3.8, 4) is 6.07 Å². The Labute approximate surface area is 298 Å². The monoisotopic (exact) mass is 686 g/mol. The third-order valence-electron chi connectivity index (χ3n) is 13.4. The van der Waals surface area contributed by atoms with Crippen LogP contribution in [0, 0.1) is 30.1 Å². The predicted molar refractivity (Wildman–Crippen MR) is 192 cm³/mol. The number of likely N-dealkylation sites (tertiary alicyclic amines) is 1. The summed E-state index contributed by atoms with van der Waals surface area (Å²) in [5, 5.41) is 17.8. The lowest BCUT2D eigenvalue weighted by Gasteiger charge is -2.64. The predicted octanol–water partition coefficient (Wildman–Crippen LogP) is 4.41. The number of fused-ring (bicyclic) bond motifs is 2. The van der Waals surface area contributed by atoms with Crippen LogP contribution in [0.1, 0.15) is 93.7 Å². The van der Waals surface area contributed by atoms with Crippen molar-refractivity contribution < 1.29 is 19.1 Å². The zero-order valence-corrected chi connectivity index (χ0v) is 30.3. The molecule has 7 rings (SSSR count). The van der Waals surface area contributed by atoms with E-state index < -0.39 is 23.7 Å². The second kappa shape index (κ2) is 15.1. The van der Waals surface area contributed by atoms with Crippen molar-refractivity contribution >= 4 is 11.7 Å². The number of carbonyl (C=O) groups excluding carboxylic acids is 2. The number of nitrogens with one attached hydrogen (secondary N) is 2. The van der Waals surface area contributed by atoms with Gasteiger partial charge in [-0.25, -0.2) is 0 Å². The normalized spacial score (nSPS) is 35.9. The van der Waals surface area contributed by atoms with Gasteiger partial charge in [0, 0.05) is 38.0 Å². The van der Waals surface area contributed by atoms with E-state index in [0.29, 0.717) is 57.6 Å². The van der Waals surface area contributed by atoms with E-state index in [-0.39, 0.29) is 30.1 Å². The van der Waals surface area contributed by atoms with Gasteiger partial charge in [-0.05, 0) is 87.7 Å². The van der Waals surface area contributed by atoms with E-state index in [1.54, 1.807) is 0 Å². The van der Waals surface area contributed by atoms with Crippen LogP contribution < -0.4 is 10.6 Å². The third-order valence-corrected chi connectivity index (χ3v) is 13.4. The van der Waals surface area contributed by atoms with E-state index in [9.17, 15) is 10.1 Å². The second-order valence-corrected chi connectivity index (χ2v) is 16.0. The maximum atomic E-state index is 15.2. The highest BCUT2D eigenvalue weighted by atomic mass is 16.5. The Morgan fingerprint density at radius 3 is 2.64 bits per heavy atom. The van der Waals surface area contributed by atoms with Crippen LogP contribution in [0.25, 0.3) is 0 Å². The van der Waals surface area contributed by atoms with Crippen LogP contribution >= 0.6 is 0 Å². The van der Waals surface area contributed by atoms with Gasteiger partial charge in [0.2, 0.25) is 5.91 Å². The number of nitriles is 1. The molecule has 6 aliphatic rings. The number of nitrogens with zero attached hydrogens (tertiary/aromatic N) is 4. The van der Waals surface area contributed by atoms with Crippen molar-refractivity contribution in [2.75, 3.05) is 39.8 Å². The molecule has 7 atom stereocenters. The summed E-state index contributed by atoms with van der Waals surface area (Å²) < 4.78 is 13.5. The highest BCUT2D eigenvalue weighted by Gasteiger charge is 2.63. The Balaban J connectivity index is 1.28. The average molecular weight is 687 g/mol. The molecule has 0 aromatic heterocycles. The Hall–Kier alpha value is -2.65. The fourth-order valence-corrected chi connectivity index (χ4v) is 10.6. The van der Waals surface area contributed by atoms with Crippen LogP contribution in [-0.2, 0) is 32.1 Å². The van der Waals surface area contributed by atoms with Gasteiger partial charge in [-0.1, -0.05) is 56.9 Å². The van der Waals surface area contributed by atoms with Crippen LogP contribution in [0.5, 0.6) is 0 Å². The minimum absolute atomic E-state index is 0.0229. The lowest BCUT2D eigenvalue weighted by molar-refractivity contribution is -0.201. The first-order valence-electron chi connectivity index (χ1n) is 19.5. The lowest BCUT2D eigenvalue weighted by Crippen LogP contribution is -2.83. The minimum Gasteiger partial charge on any atom is -0.362 e. The molecular weight excluding hydrogens is 628 g/mol. The second-order valence-electron chi connectivity index (χ2n) is 16.0. The topological polar surface area (TPSA) is 110 Å². The summed E-state index contributed by atoms with van der Waals surface area (Å²) in [6.07, 6.45) is 13.7. The summed E-state index contributed by atoms with van der Waals surface area (Å²) in [7, 11) is 2.17. The number of ether oxygens (including phenoxy) is 2. The molecule has 1 amide bonds. The van der Waals surface area contributed by atoms with E-state index >= 15 is 4.79 Å². The van der Waals surface area contributed by atoms with Crippen LogP contribution in [0.15, 0.2) is 30.9 Å². The largest absolute Gasteiger partial charge is 0.362 e. The molecule has 2 aliphatic carbocycles. The van der Waals surface area contributed by atoms with Gasteiger partial charge in [-0.15, -0.1) is 0 Å². The van der Waals surface area contributed by atoms with Gasteiger partial charge in [0.25, 0.3) is 0 Å². The number of ketones is 1. The van der Waals surface area contributed by atoms with Gasteiger partial charge < -0.3 is 19.3 Å². The fraction of sp³-hybridized carbons (Fsp3) is 0.725. The molecule has 0 bridgehead atoms. The molecule has 5 fully saturated rings. The zero-order chi connectivity index (χ0) is 34.9. The standard InChI is InChI=1S/C40H58N6O4/c1-4-35(47)46-23-22-45(25-31(46)18-20-41)40(30-14-8-6-5-7-9-15-30)34-17-19-39(24-33-28(2)12-10-13-29(33)26-50-39)37(48)36(34)42-38(43-40)49-27-32-16-11-21-44(32)3/h4,10,12-13,30-32,34,36,38,42-43H,1,5-9,11,14-19,21-27H2,2-3H3/t31?,32?,34?,36?,38?,39-,40?/m0/s1. The summed E-state index contributed by atoms with van der Waals surface area (Å²) in [6.45, 7) is 9.77. The molecule has 50 heavy (non-hydrogen) atoms. The molecule has 4 heterocycles. The number of carbonyl (C=O) groups is 2. The number of amides is 1. The lowest BCUT2D eigenvalue weighted by atomic mass is 9.61. The average Bonchev–Trinajstić information content (AvgIpc) is 3.53. The summed E-state index contributed by atoms with van der Waals surface area (Å²) >= 11 is 0. The molecule has 4 aliphatic heterocycles. The highest BCUT2D eigenvalue weighted by molar-refractivity contribution is 5.94. The van der Waals surface area contributed by atoms with Gasteiger partial charge in [0.05, 0.1) is 43.5 Å². The van der Waals surface area contributed by atoms with E-state index in [1.807, 2.05) is 4.90 Å². The first-order chi connectivity index (χ1) is 24.3. The Kier molecular flexibility index (Phi) is 10.8. The first-order valence-corrected chi connectivity index (χ1v) is 19.5. The minimum atomic E-state index is -0.869. The molecule has 10 nitrogen and oxygen atoms in total. The number of Topliss-reactive ketones (excluding diaryl/α,β-unsaturated/α-hetero) is 1. The Bertz CT molecular complexity index is 1460. The molecule has 2 N–H and O–H groups in total. The molecule has 3 saturated heterocycles. The molecule has 1 aromatic carbocycles. The van der Waals surface area contributed by atoms with Gasteiger partial charge in [-0.3, -0.25) is 25.1 Å². The number of aryl methyl sites for hydroxylation is 1. The van der Waals surface area contributed by atoms with Crippen molar-refractivity contribution in [2.45, 2.75) is 133 Å².